The molecule has 0 fully saturated rings. The van der Waals surface area contributed by atoms with Crippen LogP contribution in [0.15, 0.2) is 41.4 Å². The summed E-state index contributed by atoms with van der Waals surface area (Å²) in [4.78, 5) is 16.6. The highest BCUT2D eigenvalue weighted by Crippen LogP contribution is 2.15. The Kier molecular flexibility index (Phi) is 10.9. The molecule has 0 amide bonds. The maximum atomic E-state index is 12.2. The van der Waals surface area contributed by atoms with Gasteiger partial charge >= 0.3 is 5.97 Å². The third kappa shape index (κ3) is 8.76. The number of carbonyl (C=O) groups excluding carboxylic acids is 1. The van der Waals surface area contributed by atoms with Crippen molar-refractivity contribution in [1.29, 1.82) is 0 Å². The van der Waals surface area contributed by atoms with Crippen LogP contribution in [-0.2, 0) is 20.9 Å². The number of aliphatic imine (C=N–C) groups is 1. The smallest absolute Gasteiger partial charge is 0.334 e. The van der Waals surface area contributed by atoms with Gasteiger partial charge in [0.2, 0.25) is 0 Å². The summed E-state index contributed by atoms with van der Waals surface area (Å²) < 4.78 is 16.5. The molecule has 0 heterocycles. The third-order valence-electron chi connectivity index (χ3n) is 4.15. The fourth-order valence-corrected chi connectivity index (χ4v) is 2.51. The van der Waals surface area contributed by atoms with Crippen LogP contribution in [0.25, 0.3) is 0 Å². The molecule has 5 heteroatoms. The largest absolute Gasteiger partial charge is 0.497 e. The number of hydrogen-bond acceptors (Lipinski definition) is 5. The Morgan fingerprint density at radius 2 is 1.89 bits per heavy atom. The number of methoxy groups -OCH3 is 1. The lowest BCUT2D eigenvalue weighted by atomic mass is 10.1. The molecule has 0 bridgehead atoms. The molecular weight excluding hydrogens is 342 g/mol. The fraction of sp³-hybridized carbons (Fsp3) is 0.545. The molecule has 0 aliphatic carbocycles. The first-order valence-electron chi connectivity index (χ1n) is 9.71. The van der Waals surface area contributed by atoms with Crippen molar-refractivity contribution in [2.24, 2.45) is 4.99 Å². The van der Waals surface area contributed by atoms with Crippen LogP contribution in [0.5, 0.6) is 5.75 Å². The van der Waals surface area contributed by atoms with E-state index >= 15 is 0 Å². The summed E-state index contributed by atoms with van der Waals surface area (Å²) in [6.07, 6.45) is 4.55. The number of hydrogen-bond donors (Lipinski definition) is 0. The number of esters is 1. The van der Waals surface area contributed by atoms with Gasteiger partial charge in [0.15, 0.2) is 5.90 Å². The Balaban J connectivity index is 2.55. The van der Waals surface area contributed by atoms with Crippen LogP contribution in [0.2, 0.25) is 0 Å². The van der Waals surface area contributed by atoms with E-state index in [2.05, 4.69) is 25.4 Å². The van der Waals surface area contributed by atoms with Crippen LogP contribution < -0.4 is 4.74 Å². The van der Waals surface area contributed by atoms with Crippen LogP contribution in [-0.4, -0.2) is 31.6 Å². The minimum atomic E-state index is -0.431. The van der Waals surface area contributed by atoms with Gasteiger partial charge in [0, 0.05) is 12.1 Å². The van der Waals surface area contributed by atoms with Gasteiger partial charge in [-0.05, 0) is 37.5 Å². The highest BCUT2D eigenvalue weighted by Gasteiger charge is 2.16. The molecule has 0 N–H and O–H groups in total. The second kappa shape index (κ2) is 13.0. The van der Waals surface area contributed by atoms with Crippen molar-refractivity contribution in [1.82, 2.24) is 0 Å². The molecule has 0 aliphatic rings. The summed E-state index contributed by atoms with van der Waals surface area (Å²) >= 11 is 0. The van der Waals surface area contributed by atoms with Crippen molar-refractivity contribution in [2.45, 2.75) is 65.6 Å². The Labute approximate surface area is 163 Å². The van der Waals surface area contributed by atoms with Crippen molar-refractivity contribution in [3.05, 3.63) is 42.0 Å². The van der Waals surface area contributed by atoms with Gasteiger partial charge in [-0.25, -0.2) is 4.79 Å². The van der Waals surface area contributed by atoms with E-state index in [1.807, 2.05) is 31.2 Å². The third-order valence-corrected chi connectivity index (χ3v) is 4.15. The molecular formula is C22H33NO4. The number of unbranched alkanes of at least 4 members (excludes halogenated alkanes) is 1. The van der Waals surface area contributed by atoms with Crippen molar-refractivity contribution < 1.29 is 19.0 Å². The lowest BCUT2D eigenvalue weighted by Gasteiger charge is -2.19. The second-order valence-corrected chi connectivity index (χ2v) is 6.36. The van der Waals surface area contributed by atoms with Gasteiger partial charge in [-0.3, -0.25) is 4.99 Å². The number of carbonyl (C=O) groups is 1. The zero-order chi connectivity index (χ0) is 20.1. The minimum Gasteiger partial charge on any atom is -0.497 e. The Morgan fingerprint density at radius 3 is 2.44 bits per heavy atom. The first-order valence-corrected chi connectivity index (χ1v) is 9.71. The Morgan fingerprint density at radius 1 is 1.19 bits per heavy atom. The molecule has 0 saturated carbocycles. The molecule has 1 aromatic rings. The maximum absolute atomic E-state index is 12.2. The number of ether oxygens (including phenoxy) is 3. The van der Waals surface area contributed by atoms with E-state index in [1.165, 1.54) is 0 Å². The van der Waals surface area contributed by atoms with Crippen LogP contribution in [0, 0.1) is 0 Å². The summed E-state index contributed by atoms with van der Waals surface area (Å²) in [5.41, 5.74) is 1.24. The van der Waals surface area contributed by atoms with E-state index in [4.69, 9.17) is 14.2 Å². The lowest BCUT2D eigenvalue weighted by molar-refractivity contribution is -0.140. The quantitative estimate of drug-likeness (QED) is 0.221. The summed E-state index contributed by atoms with van der Waals surface area (Å²) in [5, 5.41) is 0. The molecule has 150 valence electrons. The van der Waals surface area contributed by atoms with E-state index in [9.17, 15) is 4.79 Å². The molecule has 1 rings (SSSR count). The number of rotatable bonds is 12. The Bertz CT molecular complexity index is 607. The molecule has 5 nitrogen and oxygen atoms in total. The van der Waals surface area contributed by atoms with E-state index < -0.39 is 5.97 Å². The molecule has 1 atom stereocenters. The standard InChI is InChI=1S/C22H33NO4/c1-6-9-10-19(7-2)27-21(23-8-3)15-17(4)22(24)26-16-18-11-13-20(25-5)14-12-18/h11-14,19H,4,6-10,15-16H2,1-3,5H3/b23-21-. The maximum Gasteiger partial charge on any atom is 0.334 e. The van der Waals surface area contributed by atoms with Gasteiger partial charge in [0.1, 0.15) is 12.4 Å². The minimum absolute atomic E-state index is 0.123. The van der Waals surface area contributed by atoms with Gasteiger partial charge in [0.25, 0.3) is 0 Å². The first kappa shape index (κ1) is 22.7. The van der Waals surface area contributed by atoms with Gasteiger partial charge in [0.05, 0.1) is 19.6 Å². The van der Waals surface area contributed by atoms with Crippen molar-refractivity contribution in [3.63, 3.8) is 0 Å². The zero-order valence-corrected chi connectivity index (χ0v) is 17.1. The monoisotopic (exact) mass is 375 g/mol. The van der Waals surface area contributed by atoms with E-state index in [0.29, 0.717) is 18.0 Å². The van der Waals surface area contributed by atoms with Gasteiger partial charge in [-0.2, -0.15) is 0 Å². The normalized spacial score (nSPS) is 12.4. The van der Waals surface area contributed by atoms with E-state index in [1.54, 1.807) is 7.11 Å². The van der Waals surface area contributed by atoms with E-state index in [-0.39, 0.29) is 19.1 Å². The number of benzene rings is 1. The van der Waals surface area contributed by atoms with Crippen molar-refractivity contribution in [3.8, 4) is 5.75 Å². The molecule has 0 aromatic heterocycles. The van der Waals surface area contributed by atoms with E-state index in [0.717, 1.165) is 37.0 Å². The summed E-state index contributed by atoms with van der Waals surface area (Å²) in [6.45, 7) is 10.9. The average Bonchev–Trinajstić information content (AvgIpc) is 2.69. The van der Waals surface area contributed by atoms with Crippen molar-refractivity contribution >= 4 is 11.9 Å². The first-order chi connectivity index (χ1) is 13.0. The molecule has 27 heavy (non-hydrogen) atoms. The van der Waals surface area contributed by atoms with Gasteiger partial charge in [-0.1, -0.05) is 45.4 Å². The summed E-state index contributed by atoms with van der Waals surface area (Å²) in [6, 6.07) is 7.39. The van der Waals surface area contributed by atoms with Crippen molar-refractivity contribution in [2.75, 3.05) is 13.7 Å². The molecule has 1 aromatic carbocycles. The predicted octanol–water partition coefficient (Wildman–Crippen LogP) is 5.09. The van der Waals surface area contributed by atoms with Gasteiger partial charge < -0.3 is 14.2 Å². The van der Waals surface area contributed by atoms with Gasteiger partial charge in [-0.15, -0.1) is 0 Å². The van der Waals surface area contributed by atoms with Crippen LogP contribution in [0.4, 0.5) is 0 Å². The Hall–Kier alpha value is -2.30. The fourth-order valence-electron chi connectivity index (χ4n) is 2.51. The van der Waals surface area contributed by atoms with Crippen LogP contribution in [0.3, 0.4) is 0 Å². The molecule has 0 spiro atoms. The summed E-state index contributed by atoms with van der Waals surface area (Å²) in [7, 11) is 1.61. The predicted molar refractivity (Wildman–Crippen MR) is 109 cm³/mol. The average molecular weight is 376 g/mol. The number of nitrogens with zero attached hydrogens (tertiary/aromatic N) is 1. The molecule has 0 aliphatic heterocycles. The lowest BCUT2D eigenvalue weighted by Crippen LogP contribution is -2.20. The molecule has 0 radical (unpaired) electrons. The second-order valence-electron chi connectivity index (χ2n) is 6.36. The topological polar surface area (TPSA) is 57.1 Å². The summed E-state index contributed by atoms with van der Waals surface area (Å²) in [5.74, 6) is 0.896. The SMILES string of the molecule is C=C(C/C(=N/CC)OC(CC)CCCC)C(=O)OCc1ccc(OC)cc1. The molecule has 1 unspecified atom stereocenters. The highest BCUT2D eigenvalue weighted by atomic mass is 16.5. The highest BCUT2D eigenvalue weighted by molar-refractivity contribution is 5.94. The van der Waals surface area contributed by atoms with Crippen LogP contribution >= 0.6 is 0 Å². The zero-order valence-electron chi connectivity index (χ0n) is 17.1. The van der Waals surface area contributed by atoms with Crippen LogP contribution in [0.1, 0.15) is 58.4 Å². The molecule has 0 saturated heterocycles.